The molecule has 0 aliphatic heterocycles. The Morgan fingerprint density at radius 3 is 2.50 bits per heavy atom. The van der Waals surface area contributed by atoms with E-state index in [4.69, 9.17) is 4.42 Å². The predicted octanol–water partition coefficient (Wildman–Crippen LogP) is 1.75. The number of aryl methyl sites for hydroxylation is 1. The van der Waals surface area contributed by atoms with E-state index in [2.05, 4.69) is 10.0 Å². The molecule has 0 aliphatic rings. The van der Waals surface area contributed by atoms with Crippen molar-refractivity contribution in [3.05, 3.63) is 47.7 Å². The van der Waals surface area contributed by atoms with Crippen molar-refractivity contribution in [3.8, 4) is 0 Å². The van der Waals surface area contributed by atoms with Gasteiger partial charge in [-0.3, -0.25) is 4.79 Å². The molecule has 0 spiro atoms. The molecule has 106 valence electrons. The zero-order valence-corrected chi connectivity index (χ0v) is 11.8. The van der Waals surface area contributed by atoms with Gasteiger partial charge in [0.25, 0.3) is 15.9 Å². The second-order valence-electron chi connectivity index (χ2n) is 4.10. The van der Waals surface area contributed by atoms with Gasteiger partial charge in [0.05, 0.1) is 0 Å². The minimum Gasteiger partial charge on any atom is -0.438 e. The molecule has 0 bridgehead atoms. The Labute approximate surface area is 116 Å². The van der Waals surface area contributed by atoms with Crippen LogP contribution in [0.15, 0.2) is 45.9 Å². The van der Waals surface area contributed by atoms with E-state index in [-0.39, 0.29) is 10.9 Å². The molecule has 0 saturated heterocycles. The second kappa shape index (κ2) is 5.48. The molecule has 0 fully saturated rings. The number of amides is 1. The number of benzene rings is 1. The van der Waals surface area contributed by atoms with Gasteiger partial charge in [0.2, 0.25) is 5.09 Å². The summed E-state index contributed by atoms with van der Waals surface area (Å²) < 4.78 is 30.2. The Kier molecular flexibility index (Phi) is 3.91. The quantitative estimate of drug-likeness (QED) is 0.899. The number of anilines is 1. The molecule has 6 nitrogen and oxygen atoms in total. The van der Waals surface area contributed by atoms with E-state index in [1.165, 1.54) is 19.2 Å². The molecule has 1 aromatic carbocycles. The van der Waals surface area contributed by atoms with Gasteiger partial charge in [0.1, 0.15) is 0 Å². The smallest absolute Gasteiger partial charge is 0.291 e. The molecule has 0 unspecified atom stereocenters. The number of para-hydroxylation sites is 1. The SMILES string of the molecule is CNS(=O)(=O)c1ccc(C(=O)Nc2ccccc2C)o1. The molecule has 0 radical (unpaired) electrons. The fourth-order valence-corrected chi connectivity index (χ4v) is 2.23. The first-order valence-corrected chi connectivity index (χ1v) is 7.33. The van der Waals surface area contributed by atoms with Crippen molar-refractivity contribution in [3.63, 3.8) is 0 Å². The Hall–Kier alpha value is -2.12. The molecule has 1 aromatic heterocycles. The van der Waals surface area contributed by atoms with Crippen LogP contribution in [-0.4, -0.2) is 21.4 Å². The summed E-state index contributed by atoms with van der Waals surface area (Å²) in [7, 11) is -2.42. The molecule has 1 heterocycles. The number of rotatable bonds is 4. The van der Waals surface area contributed by atoms with Crippen LogP contribution in [0.4, 0.5) is 5.69 Å². The summed E-state index contributed by atoms with van der Waals surface area (Å²) in [5.74, 6) is -0.570. The zero-order chi connectivity index (χ0) is 14.8. The average molecular weight is 294 g/mol. The fraction of sp³-hybridized carbons (Fsp3) is 0.154. The van der Waals surface area contributed by atoms with Gasteiger partial charge in [-0.05, 0) is 37.7 Å². The van der Waals surface area contributed by atoms with Crippen molar-refractivity contribution in [2.24, 2.45) is 0 Å². The Morgan fingerprint density at radius 2 is 1.85 bits per heavy atom. The summed E-state index contributed by atoms with van der Waals surface area (Å²) in [5, 5.41) is 2.37. The number of hydrogen-bond acceptors (Lipinski definition) is 4. The van der Waals surface area contributed by atoms with Gasteiger partial charge in [0.15, 0.2) is 5.76 Å². The average Bonchev–Trinajstić information content (AvgIpc) is 2.92. The van der Waals surface area contributed by atoms with Crippen molar-refractivity contribution in [2.45, 2.75) is 12.0 Å². The number of hydrogen-bond donors (Lipinski definition) is 2. The molecule has 0 saturated carbocycles. The third-order valence-electron chi connectivity index (χ3n) is 2.73. The van der Waals surface area contributed by atoms with Crippen LogP contribution in [0.2, 0.25) is 0 Å². The van der Waals surface area contributed by atoms with Crippen LogP contribution in [0.1, 0.15) is 16.1 Å². The van der Waals surface area contributed by atoms with E-state index >= 15 is 0 Å². The van der Waals surface area contributed by atoms with Gasteiger partial charge in [-0.1, -0.05) is 18.2 Å². The standard InChI is InChI=1S/C13H14N2O4S/c1-9-5-3-4-6-10(9)15-13(16)11-7-8-12(19-11)20(17,18)14-2/h3-8,14H,1-2H3,(H,15,16). The maximum Gasteiger partial charge on any atom is 0.291 e. The van der Waals surface area contributed by atoms with Crippen LogP contribution >= 0.6 is 0 Å². The summed E-state index contributed by atoms with van der Waals surface area (Å²) in [4.78, 5) is 12.0. The lowest BCUT2D eigenvalue weighted by Gasteiger charge is -2.06. The van der Waals surface area contributed by atoms with Crippen LogP contribution in [-0.2, 0) is 10.0 Å². The Bertz CT molecular complexity index is 734. The van der Waals surface area contributed by atoms with E-state index in [0.29, 0.717) is 5.69 Å². The highest BCUT2D eigenvalue weighted by molar-refractivity contribution is 7.89. The van der Waals surface area contributed by atoms with Crippen LogP contribution in [0.25, 0.3) is 0 Å². The normalized spacial score (nSPS) is 11.3. The number of sulfonamides is 1. The number of nitrogens with one attached hydrogen (secondary N) is 2. The molecule has 0 atom stereocenters. The van der Waals surface area contributed by atoms with Crippen molar-refractivity contribution >= 4 is 21.6 Å². The summed E-state index contributed by atoms with van der Waals surface area (Å²) in [6, 6.07) is 9.81. The van der Waals surface area contributed by atoms with Gasteiger partial charge >= 0.3 is 0 Å². The van der Waals surface area contributed by atoms with Gasteiger partial charge in [-0.25, -0.2) is 13.1 Å². The first-order chi connectivity index (χ1) is 9.44. The van der Waals surface area contributed by atoms with Crippen molar-refractivity contribution in [1.29, 1.82) is 0 Å². The van der Waals surface area contributed by atoms with E-state index in [9.17, 15) is 13.2 Å². The zero-order valence-electron chi connectivity index (χ0n) is 11.0. The van der Waals surface area contributed by atoms with Crippen molar-refractivity contribution in [1.82, 2.24) is 4.72 Å². The first-order valence-electron chi connectivity index (χ1n) is 5.84. The number of furan rings is 1. The topological polar surface area (TPSA) is 88.4 Å². The molecule has 0 aliphatic carbocycles. The Balaban J connectivity index is 2.21. The highest BCUT2D eigenvalue weighted by Gasteiger charge is 2.19. The van der Waals surface area contributed by atoms with Gasteiger partial charge < -0.3 is 9.73 Å². The molecule has 2 N–H and O–H groups in total. The lowest BCUT2D eigenvalue weighted by Crippen LogP contribution is -2.18. The Morgan fingerprint density at radius 1 is 1.15 bits per heavy atom. The summed E-state index contributed by atoms with van der Waals surface area (Å²) in [6.45, 7) is 1.86. The van der Waals surface area contributed by atoms with E-state index < -0.39 is 15.9 Å². The van der Waals surface area contributed by atoms with Gasteiger partial charge in [0, 0.05) is 5.69 Å². The fourth-order valence-electron chi connectivity index (χ4n) is 1.58. The predicted molar refractivity (Wildman–Crippen MR) is 74.1 cm³/mol. The highest BCUT2D eigenvalue weighted by Crippen LogP contribution is 2.17. The van der Waals surface area contributed by atoms with Crippen LogP contribution < -0.4 is 10.0 Å². The molecular weight excluding hydrogens is 280 g/mol. The maximum atomic E-state index is 12.0. The molecular formula is C13H14N2O4S. The maximum absolute atomic E-state index is 12.0. The minimum absolute atomic E-state index is 0.0675. The molecule has 2 aromatic rings. The van der Waals surface area contributed by atoms with Gasteiger partial charge in [-0.15, -0.1) is 0 Å². The minimum atomic E-state index is -3.69. The van der Waals surface area contributed by atoms with E-state index in [1.54, 1.807) is 12.1 Å². The second-order valence-corrected chi connectivity index (χ2v) is 5.91. The number of carbonyl (C=O) groups excluding carboxylic acids is 1. The molecule has 7 heteroatoms. The van der Waals surface area contributed by atoms with E-state index in [1.807, 2.05) is 19.1 Å². The lowest BCUT2D eigenvalue weighted by atomic mass is 10.2. The largest absolute Gasteiger partial charge is 0.438 e. The van der Waals surface area contributed by atoms with Crippen molar-refractivity contribution < 1.29 is 17.6 Å². The monoisotopic (exact) mass is 294 g/mol. The van der Waals surface area contributed by atoms with Crippen LogP contribution in [0.5, 0.6) is 0 Å². The summed E-state index contributed by atoms with van der Waals surface area (Å²) in [6.07, 6.45) is 0. The van der Waals surface area contributed by atoms with Crippen LogP contribution in [0.3, 0.4) is 0 Å². The molecule has 2 rings (SSSR count). The third kappa shape index (κ3) is 2.89. The van der Waals surface area contributed by atoms with Gasteiger partial charge in [-0.2, -0.15) is 0 Å². The van der Waals surface area contributed by atoms with Crippen molar-refractivity contribution in [2.75, 3.05) is 12.4 Å². The highest BCUT2D eigenvalue weighted by atomic mass is 32.2. The molecule has 20 heavy (non-hydrogen) atoms. The van der Waals surface area contributed by atoms with E-state index in [0.717, 1.165) is 5.56 Å². The summed E-state index contributed by atoms with van der Waals surface area (Å²) in [5.41, 5.74) is 1.54. The summed E-state index contributed by atoms with van der Waals surface area (Å²) >= 11 is 0. The number of carbonyl (C=O) groups is 1. The molecule has 1 amide bonds. The third-order valence-corrected chi connectivity index (χ3v) is 4.02. The van der Waals surface area contributed by atoms with Crippen LogP contribution in [0, 0.1) is 6.92 Å². The first kappa shape index (κ1) is 14.3. The lowest BCUT2D eigenvalue weighted by molar-refractivity contribution is 0.0991.